The summed E-state index contributed by atoms with van der Waals surface area (Å²) in [5.74, 6) is -0.945. The van der Waals surface area contributed by atoms with E-state index in [9.17, 15) is 9.59 Å². The molecule has 116 valence electrons. The van der Waals surface area contributed by atoms with Gasteiger partial charge >= 0.3 is 0 Å². The average molecular weight is 386 g/mol. The molecule has 7 heteroatoms. The smallest absolute Gasteiger partial charge is 0.283 e. The molecule has 2 heterocycles. The third-order valence-corrected chi connectivity index (χ3v) is 4.52. The maximum Gasteiger partial charge on any atom is 0.283 e. The van der Waals surface area contributed by atoms with Crippen molar-refractivity contribution >= 4 is 45.0 Å². The molecule has 1 aromatic rings. The molecule has 1 fully saturated rings. The van der Waals surface area contributed by atoms with E-state index >= 15 is 0 Å². The monoisotopic (exact) mass is 384 g/mol. The molecule has 22 heavy (non-hydrogen) atoms. The lowest BCUT2D eigenvalue weighted by Crippen LogP contribution is -2.35. The van der Waals surface area contributed by atoms with Crippen molar-refractivity contribution in [2.24, 2.45) is 0 Å². The summed E-state index contributed by atoms with van der Waals surface area (Å²) in [6, 6.07) is 6.91. The maximum absolute atomic E-state index is 12.5. The maximum atomic E-state index is 12.5. The van der Waals surface area contributed by atoms with Gasteiger partial charge in [-0.1, -0.05) is 27.5 Å². The predicted octanol–water partition coefficient (Wildman–Crippen LogP) is 2.54. The lowest BCUT2D eigenvalue weighted by molar-refractivity contribution is -0.120. The fourth-order valence-corrected chi connectivity index (χ4v) is 3.00. The Morgan fingerprint density at radius 3 is 2.64 bits per heavy atom. The van der Waals surface area contributed by atoms with Gasteiger partial charge in [0, 0.05) is 17.6 Å². The Kier molecular flexibility index (Phi) is 4.52. The summed E-state index contributed by atoms with van der Waals surface area (Å²) in [6.07, 6.45) is 2.01. The highest BCUT2D eigenvalue weighted by Crippen LogP contribution is 2.29. The van der Waals surface area contributed by atoms with E-state index in [1.54, 1.807) is 24.3 Å². The summed E-state index contributed by atoms with van der Waals surface area (Å²) in [5.41, 5.74) is 0.635. The fourth-order valence-electron chi connectivity index (χ4n) is 2.50. The van der Waals surface area contributed by atoms with E-state index in [0.717, 1.165) is 28.8 Å². The number of nitrogens with zero attached hydrogens (tertiary/aromatic N) is 1. The van der Waals surface area contributed by atoms with E-state index in [4.69, 9.17) is 16.3 Å². The van der Waals surface area contributed by atoms with Gasteiger partial charge in [0.15, 0.2) is 0 Å². The molecular formula is C15H14BrClN2O3. The van der Waals surface area contributed by atoms with Crippen molar-refractivity contribution < 1.29 is 14.3 Å². The first kappa shape index (κ1) is 15.5. The minimum Gasteiger partial charge on any atom is -0.377 e. The lowest BCUT2D eigenvalue weighted by atomic mass is 10.2. The number of benzene rings is 1. The van der Waals surface area contributed by atoms with Crippen molar-refractivity contribution in [2.75, 3.05) is 18.1 Å². The van der Waals surface area contributed by atoms with E-state index < -0.39 is 11.8 Å². The van der Waals surface area contributed by atoms with Crippen molar-refractivity contribution in [2.45, 2.75) is 18.9 Å². The van der Waals surface area contributed by atoms with E-state index in [-0.39, 0.29) is 16.8 Å². The van der Waals surface area contributed by atoms with Crippen molar-refractivity contribution in [3.05, 3.63) is 39.5 Å². The molecule has 2 aliphatic rings. The summed E-state index contributed by atoms with van der Waals surface area (Å²) in [4.78, 5) is 25.8. The predicted molar refractivity (Wildman–Crippen MR) is 86.5 cm³/mol. The van der Waals surface area contributed by atoms with Crippen LogP contribution in [0.2, 0.25) is 0 Å². The van der Waals surface area contributed by atoms with Crippen LogP contribution in [0, 0.1) is 0 Å². The number of nitrogens with one attached hydrogen (secondary N) is 1. The fraction of sp³-hybridized carbons (Fsp3) is 0.333. The first-order valence-corrected chi connectivity index (χ1v) is 8.14. The van der Waals surface area contributed by atoms with Crippen molar-refractivity contribution in [3.63, 3.8) is 0 Å². The zero-order chi connectivity index (χ0) is 15.7. The molecule has 2 amide bonds. The number of anilines is 1. The number of carbonyl (C=O) groups is 2. The Morgan fingerprint density at radius 1 is 1.27 bits per heavy atom. The first-order valence-electron chi connectivity index (χ1n) is 6.97. The molecule has 2 aliphatic heterocycles. The zero-order valence-electron chi connectivity index (χ0n) is 11.6. The van der Waals surface area contributed by atoms with Crippen LogP contribution in [-0.2, 0) is 14.3 Å². The number of rotatable bonds is 4. The van der Waals surface area contributed by atoms with Crippen LogP contribution in [0.1, 0.15) is 12.8 Å². The molecule has 1 aromatic carbocycles. The number of amides is 2. The molecule has 1 N–H and O–H groups in total. The molecule has 0 aromatic heterocycles. The van der Waals surface area contributed by atoms with Gasteiger partial charge in [0.25, 0.3) is 11.8 Å². The van der Waals surface area contributed by atoms with E-state index in [1.165, 1.54) is 0 Å². The molecule has 5 nitrogen and oxygen atoms in total. The van der Waals surface area contributed by atoms with Crippen LogP contribution in [0.4, 0.5) is 5.69 Å². The van der Waals surface area contributed by atoms with Gasteiger partial charge in [-0.15, -0.1) is 0 Å². The average Bonchev–Trinajstić information content (AvgIpc) is 3.08. The van der Waals surface area contributed by atoms with Crippen LogP contribution in [0.25, 0.3) is 0 Å². The van der Waals surface area contributed by atoms with Gasteiger partial charge in [0.05, 0.1) is 11.8 Å². The zero-order valence-corrected chi connectivity index (χ0v) is 14.0. The molecule has 1 unspecified atom stereocenters. The van der Waals surface area contributed by atoms with Crippen molar-refractivity contribution in [1.29, 1.82) is 0 Å². The van der Waals surface area contributed by atoms with Crippen LogP contribution >= 0.6 is 27.5 Å². The number of halogens is 2. The number of imide groups is 1. The van der Waals surface area contributed by atoms with Gasteiger partial charge in [0.1, 0.15) is 10.7 Å². The van der Waals surface area contributed by atoms with Gasteiger partial charge < -0.3 is 10.1 Å². The number of ether oxygens (including phenoxy) is 1. The Morgan fingerprint density at radius 2 is 2.00 bits per heavy atom. The minimum absolute atomic E-state index is 0.0570. The highest BCUT2D eigenvalue weighted by Gasteiger charge is 2.39. The van der Waals surface area contributed by atoms with Crippen molar-refractivity contribution in [1.82, 2.24) is 5.32 Å². The summed E-state index contributed by atoms with van der Waals surface area (Å²) in [5, 5.41) is 2.89. The Labute approximate surface area is 141 Å². The minimum atomic E-state index is -0.510. The van der Waals surface area contributed by atoms with Crippen LogP contribution in [0.15, 0.2) is 39.5 Å². The van der Waals surface area contributed by atoms with E-state index in [2.05, 4.69) is 21.2 Å². The number of hydrogen-bond donors (Lipinski definition) is 1. The highest BCUT2D eigenvalue weighted by molar-refractivity contribution is 9.10. The molecule has 0 bridgehead atoms. The summed E-state index contributed by atoms with van der Waals surface area (Å²) in [7, 11) is 0. The summed E-state index contributed by atoms with van der Waals surface area (Å²) in [6.45, 7) is 1.20. The van der Waals surface area contributed by atoms with Gasteiger partial charge in [-0.2, -0.15) is 0 Å². The van der Waals surface area contributed by atoms with Crippen molar-refractivity contribution in [3.8, 4) is 0 Å². The molecule has 0 spiro atoms. The molecule has 3 rings (SSSR count). The highest BCUT2D eigenvalue weighted by atomic mass is 79.9. The first-order chi connectivity index (χ1) is 10.6. The number of hydrogen-bond acceptors (Lipinski definition) is 4. The van der Waals surface area contributed by atoms with E-state index in [0.29, 0.717) is 12.2 Å². The lowest BCUT2D eigenvalue weighted by Gasteiger charge is -2.16. The molecule has 0 aliphatic carbocycles. The Bertz CT molecular complexity index is 639. The normalized spacial score (nSPS) is 21.9. The van der Waals surface area contributed by atoms with Gasteiger partial charge in [0.2, 0.25) is 0 Å². The van der Waals surface area contributed by atoms with Gasteiger partial charge in [-0.25, -0.2) is 4.90 Å². The Balaban J connectivity index is 1.75. The SMILES string of the molecule is O=C1C(Cl)=C(NCC2CCCO2)C(=O)N1c1ccc(Br)cc1. The standard InChI is InChI=1S/C15H14BrClN2O3/c16-9-3-5-10(6-4-9)19-14(20)12(17)13(15(19)21)18-8-11-2-1-7-22-11/h3-6,11,18H,1-2,7-8H2. The summed E-state index contributed by atoms with van der Waals surface area (Å²) < 4.78 is 6.36. The van der Waals surface area contributed by atoms with Crippen LogP contribution in [0.5, 0.6) is 0 Å². The second-order valence-electron chi connectivity index (χ2n) is 5.13. The molecular weight excluding hydrogens is 372 g/mol. The third kappa shape index (κ3) is 2.91. The van der Waals surface area contributed by atoms with Crippen LogP contribution in [-0.4, -0.2) is 31.1 Å². The van der Waals surface area contributed by atoms with E-state index in [1.807, 2.05) is 0 Å². The number of carbonyl (C=O) groups excluding carboxylic acids is 2. The molecule has 1 atom stereocenters. The van der Waals surface area contributed by atoms with Crippen LogP contribution in [0.3, 0.4) is 0 Å². The molecule has 0 saturated carbocycles. The molecule has 1 saturated heterocycles. The van der Waals surface area contributed by atoms with Crippen LogP contribution < -0.4 is 10.2 Å². The quantitative estimate of drug-likeness (QED) is 0.809. The summed E-state index contributed by atoms with van der Waals surface area (Å²) >= 11 is 9.36. The second kappa shape index (κ2) is 6.40. The Hall–Kier alpha value is -1.37. The van der Waals surface area contributed by atoms with Gasteiger partial charge in [-0.05, 0) is 37.1 Å². The topological polar surface area (TPSA) is 58.6 Å². The third-order valence-electron chi connectivity index (χ3n) is 3.64. The second-order valence-corrected chi connectivity index (χ2v) is 6.42. The van der Waals surface area contributed by atoms with Gasteiger partial charge in [-0.3, -0.25) is 9.59 Å². The molecule has 0 radical (unpaired) electrons. The largest absolute Gasteiger partial charge is 0.377 e.